The van der Waals surface area contributed by atoms with Gasteiger partial charge >= 0.3 is 5.97 Å². The van der Waals surface area contributed by atoms with Crippen molar-refractivity contribution < 1.29 is 9.53 Å². The number of anilines is 1. The maximum absolute atomic E-state index is 11.7. The summed E-state index contributed by atoms with van der Waals surface area (Å²) >= 11 is 0. The van der Waals surface area contributed by atoms with E-state index in [1.807, 2.05) is 11.5 Å². The Morgan fingerprint density at radius 1 is 1.45 bits per heavy atom. The van der Waals surface area contributed by atoms with E-state index in [4.69, 9.17) is 10.5 Å². The van der Waals surface area contributed by atoms with E-state index in [9.17, 15) is 4.79 Å². The van der Waals surface area contributed by atoms with Crippen molar-refractivity contribution in [1.29, 1.82) is 0 Å². The zero-order valence-electron chi connectivity index (χ0n) is 12.8. The Morgan fingerprint density at radius 3 is 2.55 bits per heavy atom. The molecule has 1 aromatic rings. The molecule has 0 aliphatic heterocycles. The summed E-state index contributed by atoms with van der Waals surface area (Å²) in [5, 5.41) is 0. The quantitative estimate of drug-likeness (QED) is 0.845. The van der Waals surface area contributed by atoms with Crippen LogP contribution in [0.15, 0.2) is 0 Å². The molecule has 6 heteroatoms. The predicted octanol–water partition coefficient (Wildman–Crippen LogP) is 1.43. The highest BCUT2D eigenvalue weighted by Crippen LogP contribution is 2.36. The third-order valence-electron chi connectivity index (χ3n) is 4.51. The van der Waals surface area contributed by atoms with E-state index in [-0.39, 0.29) is 11.2 Å². The van der Waals surface area contributed by atoms with Crippen LogP contribution in [0, 0.1) is 6.92 Å². The van der Waals surface area contributed by atoms with Crippen molar-refractivity contribution in [2.45, 2.75) is 44.7 Å². The zero-order chi connectivity index (χ0) is 14.9. The Morgan fingerprint density at radius 2 is 2.05 bits per heavy atom. The van der Waals surface area contributed by atoms with Crippen LogP contribution >= 0.6 is 0 Å². The van der Waals surface area contributed by atoms with Gasteiger partial charge in [0.15, 0.2) is 5.69 Å². The summed E-state index contributed by atoms with van der Waals surface area (Å²) < 4.78 is 6.66. The van der Waals surface area contributed by atoms with E-state index in [2.05, 4.69) is 24.0 Å². The fraction of sp³-hybridized carbons (Fsp3) is 0.714. The largest absolute Gasteiger partial charge is 0.464 e. The summed E-state index contributed by atoms with van der Waals surface area (Å²) in [7, 11) is 5.55. The molecule has 6 nitrogen and oxygen atoms in total. The van der Waals surface area contributed by atoms with Crippen molar-refractivity contribution >= 4 is 11.8 Å². The van der Waals surface area contributed by atoms with Crippen LogP contribution in [0.2, 0.25) is 0 Å². The molecule has 0 aromatic carbocycles. The van der Waals surface area contributed by atoms with Crippen LogP contribution in [0.4, 0.5) is 5.82 Å². The lowest BCUT2D eigenvalue weighted by molar-refractivity contribution is 0.0595. The van der Waals surface area contributed by atoms with Crippen LogP contribution in [-0.4, -0.2) is 47.2 Å². The van der Waals surface area contributed by atoms with Crippen LogP contribution in [0.25, 0.3) is 0 Å². The van der Waals surface area contributed by atoms with Gasteiger partial charge < -0.3 is 19.9 Å². The monoisotopic (exact) mass is 280 g/mol. The minimum absolute atomic E-state index is 0.104. The Balaban J connectivity index is 2.34. The number of nitrogens with two attached hydrogens (primary N) is 1. The molecule has 1 aliphatic carbocycles. The number of nitrogen functional groups attached to an aromatic ring is 1. The van der Waals surface area contributed by atoms with Gasteiger partial charge in [-0.15, -0.1) is 0 Å². The number of hydrogen-bond acceptors (Lipinski definition) is 5. The lowest BCUT2D eigenvalue weighted by Crippen LogP contribution is -2.45. The Bertz CT molecular complexity index is 502. The third-order valence-corrected chi connectivity index (χ3v) is 4.51. The van der Waals surface area contributed by atoms with Gasteiger partial charge in [-0.2, -0.15) is 0 Å². The lowest BCUT2D eigenvalue weighted by atomic mass is 9.96. The highest BCUT2D eigenvalue weighted by Gasteiger charge is 2.37. The second-order valence-corrected chi connectivity index (χ2v) is 5.80. The van der Waals surface area contributed by atoms with Crippen LogP contribution in [0.5, 0.6) is 0 Å². The molecule has 0 spiro atoms. The fourth-order valence-electron chi connectivity index (χ4n) is 3.10. The Labute approximate surface area is 119 Å². The molecule has 0 unspecified atom stereocenters. The van der Waals surface area contributed by atoms with Crippen molar-refractivity contribution in [1.82, 2.24) is 14.5 Å². The van der Waals surface area contributed by atoms with Crippen LogP contribution < -0.4 is 5.73 Å². The van der Waals surface area contributed by atoms with Crippen LogP contribution in [-0.2, 0) is 11.3 Å². The number of esters is 1. The molecular weight excluding hydrogens is 256 g/mol. The summed E-state index contributed by atoms with van der Waals surface area (Å²) in [6.07, 6.45) is 4.75. The molecule has 2 N–H and O–H groups in total. The number of hydrogen-bond donors (Lipinski definition) is 1. The Kier molecular flexibility index (Phi) is 4.04. The molecule has 0 saturated heterocycles. The van der Waals surface area contributed by atoms with Crippen LogP contribution in [0.1, 0.15) is 42.0 Å². The molecule has 1 heterocycles. The zero-order valence-corrected chi connectivity index (χ0v) is 12.8. The minimum Gasteiger partial charge on any atom is -0.464 e. The van der Waals surface area contributed by atoms with Gasteiger partial charge in [0.25, 0.3) is 0 Å². The molecule has 1 saturated carbocycles. The predicted molar refractivity (Wildman–Crippen MR) is 77.6 cm³/mol. The smallest absolute Gasteiger partial charge is 0.360 e. The van der Waals surface area contributed by atoms with Gasteiger partial charge in [-0.05, 0) is 33.9 Å². The average molecular weight is 280 g/mol. The molecule has 0 bridgehead atoms. The van der Waals surface area contributed by atoms with E-state index >= 15 is 0 Å². The fourth-order valence-corrected chi connectivity index (χ4v) is 3.10. The molecule has 112 valence electrons. The molecule has 1 aromatic heterocycles. The topological polar surface area (TPSA) is 73.4 Å². The molecule has 2 rings (SSSR count). The maximum Gasteiger partial charge on any atom is 0.360 e. The summed E-state index contributed by atoms with van der Waals surface area (Å²) in [5.41, 5.74) is 6.42. The van der Waals surface area contributed by atoms with Gasteiger partial charge in [0.2, 0.25) is 0 Å². The summed E-state index contributed by atoms with van der Waals surface area (Å²) in [4.78, 5) is 18.2. The first-order valence-corrected chi connectivity index (χ1v) is 6.99. The number of likely N-dealkylation sites (N-methyl/N-ethyl adjacent to an activating group) is 1. The van der Waals surface area contributed by atoms with E-state index in [0.29, 0.717) is 5.82 Å². The van der Waals surface area contributed by atoms with E-state index in [0.717, 1.165) is 25.2 Å². The van der Waals surface area contributed by atoms with Gasteiger partial charge in [0, 0.05) is 12.1 Å². The maximum atomic E-state index is 11.7. The van der Waals surface area contributed by atoms with E-state index in [1.165, 1.54) is 20.0 Å². The molecule has 0 radical (unpaired) electrons. The normalized spacial score (nSPS) is 17.6. The molecule has 0 amide bonds. The number of imidazole rings is 1. The van der Waals surface area contributed by atoms with Crippen molar-refractivity contribution in [2.75, 3.05) is 26.9 Å². The summed E-state index contributed by atoms with van der Waals surface area (Å²) in [5.74, 6) is 0.688. The number of methoxy groups -OCH3 is 1. The number of carbonyl (C=O) groups excluding carboxylic acids is 1. The molecule has 20 heavy (non-hydrogen) atoms. The van der Waals surface area contributed by atoms with Crippen molar-refractivity contribution in [3.8, 4) is 0 Å². The lowest BCUT2D eigenvalue weighted by Gasteiger charge is -2.37. The number of carbonyl (C=O) groups is 1. The Hall–Kier alpha value is -1.56. The summed E-state index contributed by atoms with van der Waals surface area (Å²) in [6.45, 7) is 2.64. The molecule has 0 atom stereocenters. The first kappa shape index (κ1) is 14.8. The molecule has 1 aliphatic rings. The average Bonchev–Trinajstić information content (AvgIpc) is 2.99. The van der Waals surface area contributed by atoms with Gasteiger partial charge in [-0.3, -0.25) is 0 Å². The molecular formula is C14H24N4O2. The van der Waals surface area contributed by atoms with Gasteiger partial charge in [-0.1, -0.05) is 12.8 Å². The number of aromatic nitrogens is 2. The minimum atomic E-state index is -0.477. The van der Waals surface area contributed by atoms with Gasteiger partial charge in [-0.25, -0.2) is 9.78 Å². The standard InChI is InChI=1S/C14H24N4O2/c1-10-16-11(13(19)20-4)12(15)18(10)9-14(17(2)3)7-5-6-8-14/h5-9,15H2,1-4H3. The van der Waals surface area contributed by atoms with Crippen molar-refractivity contribution in [3.63, 3.8) is 0 Å². The van der Waals surface area contributed by atoms with E-state index < -0.39 is 5.97 Å². The third kappa shape index (κ3) is 2.40. The van der Waals surface area contributed by atoms with Crippen molar-refractivity contribution in [3.05, 3.63) is 11.5 Å². The van der Waals surface area contributed by atoms with Gasteiger partial charge in [0.1, 0.15) is 11.6 Å². The number of ether oxygens (including phenoxy) is 1. The number of aryl methyl sites for hydroxylation is 1. The second-order valence-electron chi connectivity index (χ2n) is 5.80. The SMILES string of the molecule is COC(=O)c1nc(C)n(CC2(N(C)C)CCCC2)c1N. The first-order chi connectivity index (χ1) is 9.41. The first-order valence-electron chi connectivity index (χ1n) is 6.99. The van der Waals surface area contributed by atoms with E-state index in [1.54, 1.807) is 0 Å². The second kappa shape index (κ2) is 5.44. The number of rotatable bonds is 4. The highest BCUT2D eigenvalue weighted by atomic mass is 16.5. The van der Waals surface area contributed by atoms with Gasteiger partial charge in [0.05, 0.1) is 7.11 Å². The molecule has 1 fully saturated rings. The number of nitrogens with zero attached hydrogens (tertiary/aromatic N) is 3. The summed E-state index contributed by atoms with van der Waals surface area (Å²) in [6, 6.07) is 0. The van der Waals surface area contributed by atoms with Crippen molar-refractivity contribution in [2.24, 2.45) is 0 Å². The highest BCUT2D eigenvalue weighted by molar-refractivity contribution is 5.92. The van der Waals surface area contributed by atoms with Crippen LogP contribution in [0.3, 0.4) is 0 Å².